The number of rotatable bonds is 6. The van der Waals surface area contributed by atoms with E-state index in [1.807, 2.05) is 0 Å². The molecule has 0 amide bonds. The quantitative estimate of drug-likeness (QED) is 0.537. The highest BCUT2D eigenvalue weighted by Crippen LogP contribution is 2.34. The molecule has 0 aromatic heterocycles. The lowest BCUT2D eigenvalue weighted by molar-refractivity contribution is 0.253. The monoisotopic (exact) mass is 172 g/mol. The van der Waals surface area contributed by atoms with Crippen molar-refractivity contribution in [2.75, 3.05) is 13.2 Å². The van der Waals surface area contributed by atoms with Gasteiger partial charge in [-0.1, -0.05) is 6.92 Å². The molecule has 1 aliphatic rings. The van der Waals surface area contributed by atoms with E-state index in [4.69, 9.17) is 10.8 Å². The van der Waals surface area contributed by atoms with Gasteiger partial charge in [0, 0.05) is 24.7 Å². The van der Waals surface area contributed by atoms with Gasteiger partial charge in [-0.3, -0.25) is 0 Å². The molecule has 0 saturated heterocycles. The number of aliphatic hydroxyl groups excluding tert-OH is 1. The molecule has 1 saturated carbocycles. The molecule has 4 N–H and O–H groups in total. The number of nitrogens with two attached hydrogens (primary N) is 1. The highest BCUT2D eigenvalue weighted by Gasteiger charge is 2.41. The first kappa shape index (κ1) is 9.96. The van der Waals surface area contributed by atoms with E-state index < -0.39 is 0 Å². The summed E-state index contributed by atoms with van der Waals surface area (Å²) >= 11 is 0. The summed E-state index contributed by atoms with van der Waals surface area (Å²) in [5, 5.41) is 12.3. The number of nitrogens with one attached hydrogen (secondary N) is 1. The predicted octanol–water partition coefficient (Wildman–Crippen LogP) is 0.228. The van der Waals surface area contributed by atoms with Gasteiger partial charge < -0.3 is 16.2 Å². The molecule has 1 rings (SSSR count). The van der Waals surface area contributed by atoms with E-state index in [-0.39, 0.29) is 12.1 Å². The van der Waals surface area contributed by atoms with Crippen molar-refractivity contribution in [1.29, 1.82) is 0 Å². The van der Waals surface area contributed by atoms with Crippen LogP contribution in [0.4, 0.5) is 0 Å². The van der Waals surface area contributed by atoms with Crippen LogP contribution in [0.1, 0.15) is 32.6 Å². The van der Waals surface area contributed by atoms with Crippen molar-refractivity contribution in [3.8, 4) is 0 Å². The molecule has 0 heterocycles. The molecule has 1 fully saturated rings. The van der Waals surface area contributed by atoms with Crippen LogP contribution in [0.3, 0.4) is 0 Å². The standard InChI is InChI=1S/C9H20N2O/c1-2-8(3-6-12)11-9(7-10)4-5-9/h8,11-12H,2-7,10H2,1H3. The van der Waals surface area contributed by atoms with Gasteiger partial charge in [-0.15, -0.1) is 0 Å². The van der Waals surface area contributed by atoms with Crippen LogP contribution < -0.4 is 11.1 Å². The Labute approximate surface area is 74.3 Å². The molecular formula is C9H20N2O. The molecule has 0 aliphatic heterocycles. The average molecular weight is 172 g/mol. The summed E-state index contributed by atoms with van der Waals surface area (Å²) < 4.78 is 0. The third-order valence-electron chi connectivity index (χ3n) is 2.72. The maximum absolute atomic E-state index is 8.79. The summed E-state index contributed by atoms with van der Waals surface area (Å²) in [5.74, 6) is 0. The van der Waals surface area contributed by atoms with Crippen LogP contribution >= 0.6 is 0 Å². The van der Waals surface area contributed by atoms with Gasteiger partial charge in [0.15, 0.2) is 0 Å². The molecule has 1 aliphatic carbocycles. The Morgan fingerprint density at radius 1 is 1.58 bits per heavy atom. The Bertz CT molecular complexity index is 134. The predicted molar refractivity (Wildman–Crippen MR) is 49.9 cm³/mol. The third kappa shape index (κ3) is 2.44. The lowest BCUT2D eigenvalue weighted by Gasteiger charge is -2.22. The minimum absolute atomic E-state index is 0.232. The summed E-state index contributed by atoms with van der Waals surface area (Å²) in [5.41, 5.74) is 5.87. The van der Waals surface area contributed by atoms with Gasteiger partial charge in [0.25, 0.3) is 0 Å². The molecule has 0 spiro atoms. The minimum atomic E-state index is 0.232. The zero-order valence-corrected chi connectivity index (χ0v) is 7.84. The van der Waals surface area contributed by atoms with Crippen molar-refractivity contribution >= 4 is 0 Å². The largest absolute Gasteiger partial charge is 0.396 e. The van der Waals surface area contributed by atoms with Crippen LogP contribution in [0.5, 0.6) is 0 Å². The van der Waals surface area contributed by atoms with Crippen LogP contribution in [0.25, 0.3) is 0 Å². The highest BCUT2D eigenvalue weighted by molar-refractivity contribution is 5.04. The van der Waals surface area contributed by atoms with E-state index >= 15 is 0 Å². The zero-order chi connectivity index (χ0) is 9.03. The number of hydrogen-bond donors (Lipinski definition) is 3. The Balaban J connectivity index is 2.26. The molecule has 72 valence electrons. The fraction of sp³-hybridized carbons (Fsp3) is 1.00. The topological polar surface area (TPSA) is 58.3 Å². The van der Waals surface area contributed by atoms with Gasteiger partial charge in [0.2, 0.25) is 0 Å². The fourth-order valence-electron chi connectivity index (χ4n) is 1.53. The average Bonchev–Trinajstić information content (AvgIpc) is 2.85. The van der Waals surface area contributed by atoms with E-state index in [9.17, 15) is 0 Å². The van der Waals surface area contributed by atoms with Crippen LogP contribution in [-0.2, 0) is 0 Å². The SMILES string of the molecule is CCC(CCO)NC1(CN)CC1. The molecule has 0 aromatic rings. The van der Waals surface area contributed by atoms with Crippen LogP contribution in [0.15, 0.2) is 0 Å². The van der Waals surface area contributed by atoms with Gasteiger partial charge in [-0.05, 0) is 25.7 Å². The van der Waals surface area contributed by atoms with Crippen LogP contribution in [-0.4, -0.2) is 29.8 Å². The van der Waals surface area contributed by atoms with Crippen molar-refractivity contribution in [3.63, 3.8) is 0 Å². The Hall–Kier alpha value is -0.120. The van der Waals surface area contributed by atoms with E-state index in [1.165, 1.54) is 12.8 Å². The first-order chi connectivity index (χ1) is 5.76. The van der Waals surface area contributed by atoms with Crippen molar-refractivity contribution in [3.05, 3.63) is 0 Å². The summed E-state index contributed by atoms with van der Waals surface area (Å²) in [7, 11) is 0. The number of aliphatic hydroxyl groups is 1. The maximum atomic E-state index is 8.79. The second-order valence-corrected chi connectivity index (χ2v) is 3.75. The highest BCUT2D eigenvalue weighted by atomic mass is 16.3. The van der Waals surface area contributed by atoms with Gasteiger partial charge in [-0.2, -0.15) is 0 Å². The zero-order valence-electron chi connectivity index (χ0n) is 7.84. The lowest BCUT2D eigenvalue weighted by atomic mass is 10.1. The third-order valence-corrected chi connectivity index (χ3v) is 2.72. The summed E-state index contributed by atoms with van der Waals surface area (Å²) in [4.78, 5) is 0. The van der Waals surface area contributed by atoms with Gasteiger partial charge in [0.05, 0.1) is 0 Å². The maximum Gasteiger partial charge on any atom is 0.0445 e. The molecular weight excluding hydrogens is 152 g/mol. The van der Waals surface area contributed by atoms with Crippen molar-refractivity contribution in [2.24, 2.45) is 5.73 Å². The lowest BCUT2D eigenvalue weighted by Crippen LogP contribution is -2.45. The molecule has 1 unspecified atom stereocenters. The molecule has 1 atom stereocenters. The van der Waals surface area contributed by atoms with E-state index in [1.54, 1.807) is 0 Å². The van der Waals surface area contributed by atoms with Gasteiger partial charge in [-0.25, -0.2) is 0 Å². The summed E-state index contributed by atoms with van der Waals surface area (Å²) in [6, 6.07) is 0.445. The fourth-order valence-corrected chi connectivity index (χ4v) is 1.53. The Morgan fingerprint density at radius 3 is 2.58 bits per heavy atom. The van der Waals surface area contributed by atoms with Gasteiger partial charge >= 0.3 is 0 Å². The Morgan fingerprint density at radius 2 is 2.25 bits per heavy atom. The normalized spacial score (nSPS) is 22.2. The van der Waals surface area contributed by atoms with E-state index in [2.05, 4.69) is 12.2 Å². The van der Waals surface area contributed by atoms with Crippen LogP contribution in [0, 0.1) is 0 Å². The van der Waals surface area contributed by atoms with Crippen LogP contribution in [0.2, 0.25) is 0 Å². The molecule has 0 bridgehead atoms. The number of hydrogen-bond acceptors (Lipinski definition) is 3. The molecule has 3 nitrogen and oxygen atoms in total. The van der Waals surface area contributed by atoms with E-state index in [0.717, 1.165) is 19.4 Å². The second kappa shape index (κ2) is 4.21. The van der Waals surface area contributed by atoms with Crippen molar-refractivity contribution in [2.45, 2.75) is 44.2 Å². The summed E-state index contributed by atoms with van der Waals surface area (Å²) in [6.07, 6.45) is 4.32. The second-order valence-electron chi connectivity index (χ2n) is 3.75. The van der Waals surface area contributed by atoms with Crippen molar-refractivity contribution in [1.82, 2.24) is 5.32 Å². The molecule has 12 heavy (non-hydrogen) atoms. The summed E-state index contributed by atoms with van der Waals surface area (Å²) in [6.45, 7) is 3.14. The minimum Gasteiger partial charge on any atom is -0.396 e. The molecule has 3 heteroatoms. The van der Waals surface area contributed by atoms with Crippen molar-refractivity contribution < 1.29 is 5.11 Å². The van der Waals surface area contributed by atoms with Gasteiger partial charge in [0.1, 0.15) is 0 Å². The first-order valence-corrected chi connectivity index (χ1v) is 4.85. The Kier molecular flexibility index (Phi) is 3.50. The molecule has 0 radical (unpaired) electrons. The first-order valence-electron chi connectivity index (χ1n) is 4.85. The molecule has 0 aromatic carbocycles. The van der Waals surface area contributed by atoms with E-state index in [0.29, 0.717) is 6.04 Å². The smallest absolute Gasteiger partial charge is 0.0445 e.